The number of carbonyl (C=O) groups is 2. The number of hydrogen-bond donors (Lipinski definition) is 2. The molecule has 21 heavy (non-hydrogen) atoms. The molecule has 1 unspecified atom stereocenters. The average Bonchev–Trinajstić information content (AvgIpc) is 2.94. The van der Waals surface area contributed by atoms with Crippen molar-refractivity contribution in [2.75, 3.05) is 32.8 Å². The van der Waals surface area contributed by atoms with E-state index in [1.807, 2.05) is 0 Å². The molecule has 1 saturated heterocycles. The summed E-state index contributed by atoms with van der Waals surface area (Å²) < 4.78 is 6.77. The number of morpholine rings is 1. The molecule has 0 aliphatic carbocycles. The van der Waals surface area contributed by atoms with E-state index in [9.17, 15) is 9.59 Å². The van der Waals surface area contributed by atoms with Gasteiger partial charge in [-0.15, -0.1) is 5.10 Å². The summed E-state index contributed by atoms with van der Waals surface area (Å²) in [4.78, 5) is 24.7. The van der Waals surface area contributed by atoms with Gasteiger partial charge in [-0.25, -0.2) is 9.48 Å². The summed E-state index contributed by atoms with van der Waals surface area (Å²) in [6.45, 7) is 5.79. The van der Waals surface area contributed by atoms with Crippen molar-refractivity contribution in [1.29, 1.82) is 0 Å². The topological polar surface area (TPSA) is 110 Å². The minimum absolute atomic E-state index is 0.0204. The van der Waals surface area contributed by atoms with Crippen molar-refractivity contribution < 1.29 is 19.4 Å². The van der Waals surface area contributed by atoms with Crippen LogP contribution >= 0.6 is 0 Å². The minimum Gasteiger partial charge on any atom is -0.476 e. The van der Waals surface area contributed by atoms with Crippen molar-refractivity contribution in [3.05, 3.63) is 11.9 Å². The van der Waals surface area contributed by atoms with Crippen molar-refractivity contribution in [3.8, 4) is 0 Å². The van der Waals surface area contributed by atoms with E-state index in [1.165, 1.54) is 10.9 Å². The fourth-order valence-electron chi connectivity index (χ4n) is 2.10. The van der Waals surface area contributed by atoms with E-state index in [2.05, 4.69) is 27.5 Å². The van der Waals surface area contributed by atoms with E-state index < -0.39 is 5.97 Å². The van der Waals surface area contributed by atoms with Crippen LogP contribution < -0.4 is 5.32 Å². The molecular formula is C12H19N5O4. The summed E-state index contributed by atoms with van der Waals surface area (Å²) in [5, 5.41) is 18.5. The Morgan fingerprint density at radius 3 is 3.05 bits per heavy atom. The second-order valence-electron chi connectivity index (χ2n) is 4.80. The van der Waals surface area contributed by atoms with E-state index in [4.69, 9.17) is 9.84 Å². The van der Waals surface area contributed by atoms with Crippen molar-refractivity contribution in [2.45, 2.75) is 19.6 Å². The first-order valence-electron chi connectivity index (χ1n) is 6.82. The Morgan fingerprint density at radius 2 is 2.38 bits per heavy atom. The molecule has 1 amide bonds. The van der Waals surface area contributed by atoms with Crippen LogP contribution in [0.2, 0.25) is 0 Å². The fraction of sp³-hybridized carbons (Fsp3) is 0.667. The molecule has 2 rings (SSSR count). The molecule has 1 aliphatic rings. The van der Waals surface area contributed by atoms with Crippen LogP contribution in [-0.2, 0) is 16.1 Å². The summed E-state index contributed by atoms with van der Waals surface area (Å²) in [6.07, 6.45) is 1.20. The maximum atomic E-state index is 11.8. The number of nitrogens with one attached hydrogen (secondary N) is 1. The van der Waals surface area contributed by atoms with E-state index in [0.717, 1.165) is 19.6 Å². The summed E-state index contributed by atoms with van der Waals surface area (Å²) in [5.74, 6) is -1.43. The molecule has 0 spiro atoms. The predicted octanol–water partition coefficient (Wildman–Crippen LogP) is -1.19. The van der Waals surface area contributed by atoms with Gasteiger partial charge in [-0.1, -0.05) is 12.1 Å². The first-order chi connectivity index (χ1) is 10.1. The van der Waals surface area contributed by atoms with Gasteiger partial charge in [-0.05, 0) is 6.54 Å². The molecule has 2 heterocycles. The number of nitrogens with zero attached hydrogens (tertiary/aromatic N) is 4. The smallest absolute Gasteiger partial charge is 0.358 e. The van der Waals surface area contributed by atoms with Crippen LogP contribution in [0.4, 0.5) is 0 Å². The number of aromatic nitrogens is 3. The zero-order chi connectivity index (χ0) is 15.2. The molecule has 116 valence electrons. The largest absolute Gasteiger partial charge is 0.476 e. The lowest BCUT2D eigenvalue weighted by molar-refractivity contribution is -0.123. The molecule has 1 atom stereocenters. The van der Waals surface area contributed by atoms with E-state index in [1.54, 1.807) is 0 Å². The number of carboxylic acid groups (broad SMARTS) is 1. The number of carbonyl (C=O) groups excluding carboxylic acids is 1. The number of likely N-dealkylation sites (N-methyl/N-ethyl adjacent to an activating group) is 1. The van der Waals surface area contributed by atoms with Crippen LogP contribution in [0.3, 0.4) is 0 Å². The van der Waals surface area contributed by atoms with Gasteiger partial charge in [0.25, 0.3) is 0 Å². The zero-order valence-electron chi connectivity index (χ0n) is 11.9. The van der Waals surface area contributed by atoms with Gasteiger partial charge in [0, 0.05) is 19.6 Å². The molecular weight excluding hydrogens is 278 g/mol. The normalized spacial score (nSPS) is 19.4. The van der Waals surface area contributed by atoms with Crippen LogP contribution in [0, 0.1) is 0 Å². The fourth-order valence-corrected chi connectivity index (χ4v) is 2.10. The van der Waals surface area contributed by atoms with Gasteiger partial charge in [0.15, 0.2) is 5.69 Å². The van der Waals surface area contributed by atoms with Gasteiger partial charge in [0.2, 0.25) is 5.91 Å². The molecule has 9 heteroatoms. The molecule has 1 aromatic heterocycles. The predicted molar refractivity (Wildman–Crippen MR) is 71.8 cm³/mol. The lowest BCUT2D eigenvalue weighted by Crippen LogP contribution is -2.47. The second-order valence-corrected chi connectivity index (χ2v) is 4.80. The van der Waals surface area contributed by atoms with Gasteiger partial charge < -0.3 is 15.2 Å². The average molecular weight is 297 g/mol. The Morgan fingerprint density at radius 1 is 1.57 bits per heavy atom. The maximum Gasteiger partial charge on any atom is 0.358 e. The quantitative estimate of drug-likeness (QED) is 0.679. The highest BCUT2D eigenvalue weighted by atomic mass is 16.5. The summed E-state index contributed by atoms with van der Waals surface area (Å²) in [7, 11) is 0. The lowest BCUT2D eigenvalue weighted by Gasteiger charge is -2.32. The Labute approximate surface area is 121 Å². The number of ether oxygens (including phenoxy) is 1. The van der Waals surface area contributed by atoms with Crippen molar-refractivity contribution >= 4 is 11.9 Å². The minimum atomic E-state index is -1.17. The first kappa shape index (κ1) is 15.4. The number of carboxylic acids is 1. The maximum absolute atomic E-state index is 11.8. The monoisotopic (exact) mass is 297 g/mol. The molecule has 9 nitrogen and oxygen atoms in total. The SMILES string of the molecule is CCN1CCOC(CNC(=O)Cn2cc(C(=O)O)nn2)C1. The van der Waals surface area contributed by atoms with E-state index >= 15 is 0 Å². The number of rotatable bonds is 6. The third-order valence-corrected chi connectivity index (χ3v) is 3.26. The van der Waals surface area contributed by atoms with Crippen LogP contribution in [0.5, 0.6) is 0 Å². The molecule has 2 N–H and O–H groups in total. The zero-order valence-corrected chi connectivity index (χ0v) is 11.9. The van der Waals surface area contributed by atoms with E-state index in [0.29, 0.717) is 13.2 Å². The Bertz CT molecular complexity index is 504. The van der Waals surface area contributed by atoms with Gasteiger partial charge in [0.1, 0.15) is 6.54 Å². The standard InChI is InChI=1S/C12H19N5O4/c1-2-16-3-4-21-9(6-16)5-13-11(18)8-17-7-10(12(19)20)14-15-17/h7,9H,2-6,8H2,1H3,(H,13,18)(H,19,20). The molecule has 1 aliphatic heterocycles. The molecule has 0 bridgehead atoms. The second kappa shape index (κ2) is 7.14. The first-order valence-corrected chi connectivity index (χ1v) is 6.82. The van der Waals surface area contributed by atoms with Crippen molar-refractivity contribution in [1.82, 2.24) is 25.2 Å². The van der Waals surface area contributed by atoms with Crippen LogP contribution in [0.1, 0.15) is 17.4 Å². The molecule has 1 fully saturated rings. The molecule has 0 radical (unpaired) electrons. The summed E-state index contributed by atoms with van der Waals surface area (Å²) in [5.41, 5.74) is -0.183. The van der Waals surface area contributed by atoms with Gasteiger partial charge >= 0.3 is 5.97 Å². The van der Waals surface area contributed by atoms with Gasteiger partial charge in [-0.2, -0.15) is 0 Å². The summed E-state index contributed by atoms with van der Waals surface area (Å²) in [6, 6.07) is 0. The Kier molecular flexibility index (Phi) is 5.23. The Balaban J connectivity index is 1.75. The highest BCUT2D eigenvalue weighted by Crippen LogP contribution is 2.03. The van der Waals surface area contributed by atoms with Crippen LogP contribution in [-0.4, -0.2) is 75.8 Å². The van der Waals surface area contributed by atoms with Gasteiger partial charge in [-0.3, -0.25) is 9.69 Å². The third-order valence-electron chi connectivity index (χ3n) is 3.26. The van der Waals surface area contributed by atoms with Crippen LogP contribution in [0.15, 0.2) is 6.20 Å². The highest BCUT2D eigenvalue weighted by Gasteiger charge is 2.20. The number of aromatic carboxylic acids is 1. The number of amides is 1. The van der Waals surface area contributed by atoms with Gasteiger partial charge in [0.05, 0.1) is 18.9 Å². The Hall–Kier alpha value is -2.00. The molecule has 0 aromatic carbocycles. The number of hydrogen-bond acceptors (Lipinski definition) is 6. The highest BCUT2D eigenvalue weighted by molar-refractivity contribution is 5.84. The lowest BCUT2D eigenvalue weighted by atomic mass is 10.2. The third kappa shape index (κ3) is 4.50. The van der Waals surface area contributed by atoms with E-state index in [-0.39, 0.29) is 24.2 Å². The summed E-state index contributed by atoms with van der Waals surface area (Å²) >= 11 is 0. The van der Waals surface area contributed by atoms with Crippen molar-refractivity contribution in [3.63, 3.8) is 0 Å². The van der Waals surface area contributed by atoms with Crippen LogP contribution in [0.25, 0.3) is 0 Å². The van der Waals surface area contributed by atoms with Crippen molar-refractivity contribution in [2.24, 2.45) is 0 Å². The molecule has 1 aromatic rings. The molecule has 0 saturated carbocycles.